The van der Waals surface area contributed by atoms with Gasteiger partial charge in [0.05, 0.1) is 6.61 Å². The Labute approximate surface area is 101 Å². The van der Waals surface area contributed by atoms with Crippen LogP contribution in [0.5, 0.6) is 0 Å². The number of hydrogen-bond acceptors (Lipinski definition) is 2. The molecule has 0 aliphatic carbocycles. The second kappa shape index (κ2) is 4.38. The smallest absolute Gasteiger partial charge is 0.0687 e. The normalized spacial score (nSPS) is 15.7. The predicted molar refractivity (Wildman–Crippen MR) is 71.3 cm³/mol. The maximum absolute atomic E-state index is 9.38. The molecule has 0 unspecified atom stereocenters. The Balaban J connectivity index is 2.19. The van der Waals surface area contributed by atoms with E-state index < -0.39 is 0 Å². The average Bonchev–Trinajstić information content (AvgIpc) is 2.91. The van der Waals surface area contributed by atoms with E-state index in [1.807, 2.05) is 6.07 Å². The van der Waals surface area contributed by atoms with E-state index in [9.17, 15) is 5.11 Å². The molecule has 1 fully saturated rings. The molecule has 0 atom stereocenters. The Morgan fingerprint density at radius 1 is 0.941 bits per heavy atom. The van der Waals surface area contributed by atoms with Crippen LogP contribution >= 0.6 is 0 Å². The minimum Gasteiger partial charge on any atom is -0.392 e. The van der Waals surface area contributed by atoms with Gasteiger partial charge in [0.1, 0.15) is 0 Å². The maximum Gasteiger partial charge on any atom is 0.0687 e. The van der Waals surface area contributed by atoms with Crippen LogP contribution in [0.1, 0.15) is 18.4 Å². The molecule has 0 saturated carbocycles. The summed E-state index contributed by atoms with van der Waals surface area (Å²) in [4.78, 5) is 2.45. The molecule has 88 valence electrons. The Kier molecular flexibility index (Phi) is 2.73. The zero-order chi connectivity index (χ0) is 11.7. The summed E-state index contributed by atoms with van der Waals surface area (Å²) in [7, 11) is 0. The van der Waals surface area contributed by atoms with Gasteiger partial charge < -0.3 is 10.0 Å². The molecule has 1 heterocycles. The van der Waals surface area contributed by atoms with Crippen molar-refractivity contribution in [3.8, 4) is 0 Å². The monoisotopic (exact) mass is 227 g/mol. The Bertz CT molecular complexity index is 529. The van der Waals surface area contributed by atoms with Crippen molar-refractivity contribution in [1.29, 1.82) is 0 Å². The minimum absolute atomic E-state index is 0.112. The third-order valence-electron chi connectivity index (χ3n) is 3.61. The molecule has 3 rings (SSSR count). The number of aliphatic hydroxyl groups excluding tert-OH is 1. The molecular weight excluding hydrogens is 210 g/mol. The van der Waals surface area contributed by atoms with E-state index in [1.165, 1.54) is 29.3 Å². The van der Waals surface area contributed by atoms with E-state index in [4.69, 9.17) is 0 Å². The lowest BCUT2D eigenvalue weighted by Gasteiger charge is -2.20. The van der Waals surface area contributed by atoms with Crippen LogP contribution in [0.4, 0.5) is 5.69 Å². The van der Waals surface area contributed by atoms with Crippen molar-refractivity contribution >= 4 is 16.5 Å². The van der Waals surface area contributed by atoms with Gasteiger partial charge in [-0.15, -0.1) is 0 Å². The highest BCUT2D eigenvalue weighted by Gasteiger charge is 2.15. The van der Waals surface area contributed by atoms with Crippen LogP contribution < -0.4 is 4.90 Å². The SMILES string of the molecule is OCc1ccc(N2CCCC2)c2ccccc12. The zero-order valence-electron chi connectivity index (χ0n) is 9.89. The average molecular weight is 227 g/mol. The summed E-state index contributed by atoms with van der Waals surface area (Å²) in [6.07, 6.45) is 2.58. The van der Waals surface area contributed by atoms with Gasteiger partial charge in [-0.05, 0) is 29.9 Å². The van der Waals surface area contributed by atoms with E-state index in [0.717, 1.165) is 18.7 Å². The van der Waals surface area contributed by atoms with Gasteiger partial charge in [-0.2, -0.15) is 0 Å². The van der Waals surface area contributed by atoms with Gasteiger partial charge in [0, 0.05) is 24.2 Å². The van der Waals surface area contributed by atoms with Crippen molar-refractivity contribution in [1.82, 2.24) is 0 Å². The molecule has 2 aromatic rings. The molecule has 17 heavy (non-hydrogen) atoms. The molecule has 1 saturated heterocycles. The summed E-state index contributed by atoms with van der Waals surface area (Å²) in [6, 6.07) is 12.6. The molecule has 1 aliphatic heterocycles. The minimum atomic E-state index is 0.112. The van der Waals surface area contributed by atoms with Crippen molar-refractivity contribution < 1.29 is 5.11 Å². The molecule has 2 aromatic carbocycles. The van der Waals surface area contributed by atoms with E-state index in [0.29, 0.717) is 0 Å². The number of benzene rings is 2. The highest BCUT2D eigenvalue weighted by molar-refractivity contribution is 5.96. The summed E-state index contributed by atoms with van der Waals surface area (Å²) in [5.41, 5.74) is 2.33. The molecular formula is C15H17NO. The van der Waals surface area contributed by atoms with Crippen molar-refractivity contribution in [3.63, 3.8) is 0 Å². The highest BCUT2D eigenvalue weighted by atomic mass is 16.3. The number of aliphatic hydroxyl groups is 1. The summed E-state index contributed by atoms with van der Waals surface area (Å²) >= 11 is 0. The number of fused-ring (bicyclic) bond motifs is 1. The topological polar surface area (TPSA) is 23.5 Å². The van der Waals surface area contributed by atoms with Gasteiger partial charge in [-0.3, -0.25) is 0 Å². The molecule has 0 aromatic heterocycles. The second-order valence-electron chi connectivity index (χ2n) is 4.64. The molecule has 2 heteroatoms. The Morgan fingerprint density at radius 3 is 2.35 bits per heavy atom. The molecule has 1 N–H and O–H groups in total. The van der Waals surface area contributed by atoms with Crippen molar-refractivity contribution in [2.75, 3.05) is 18.0 Å². The number of anilines is 1. The van der Waals surface area contributed by atoms with Gasteiger partial charge >= 0.3 is 0 Å². The van der Waals surface area contributed by atoms with Crippen LogP contribution in [0.15, 0.2) is 36.4 Å². The fraction of sp³-hybridized carbons (Fsp3) is 0.333. The molecule has 2 nitrogen and oxygen atoms in total. The van der Waals surface area contributed by atoms with E-state index in [-0.39, 0.29) is 6.61 Å². The third kappa shape index (κ3) is 1.79. The summed E-state index contributed by atoms with van der Waals surface area (Å²) in [5.74, 6) is 0. The van der Waals surface area contributed by atoms with Gasteiger partial charge in [-0.25, -0.2) is 0 Å². The van der Waals surface area contributed by atoms with Gasteiger partial charge in [0.15, 0.2) is 0 Å². The van der Waals surface area contributed by atoms with E-state index >= 15 is 0 Å². The second-order valence-corrected chi connectivity index (χ2v) is 4.64. The lowest BCUT2D eigenvalue weighted by molar-refractivity contribution is 0.283. The van der Waals surface area contributed by atoms with E-state index in [2.05, 4.69) is 35.2 Å². The fourth-order valence-electron chi connectivity index (χ4n) is 2.72. The maximum atomic E-state index is 9.38. The standard InChI is InChI=1S/C15H17NO/c17-11-12-7-8-15(16-9-3-4-10-16)14-6-2-1-5-13(12)14/h1-2,5-8,17H,3-4,9-11H2. The summed E-state index contributed by atoms with van der Waals surface area (Å²) < 4.78 is 0. The molecule has 0 bridgehead atoms. The van der Waals surface area contributed by atoms with Crippen LogP contribution in [0, 0.1) is 0 Å². The lowest BCUT2D eigenvalue weighted by atomic mass is 10.0. The largest absolute Gasteiger partial charge is 0.392 e. The number of rotatable bonds is 2. The van der Waals surface area contributed by atoms with Crippen LogP contribution in [-0.2, 0) is 6.61 Å². The first-order valence-corrected chi connectivity index (χ1v) is 6.26. The number of hydrogen-bond donors (Lipinski definition) is 1. The van der Waals surface area contributed by atoms with Gasteiger partial charge in [0.2, 0.25) is 0 Å². The fourth-order valence-corrected chi connectivity index (χ4v) is 2.72. The molecule has 0 radical (unpaired) electrons. The van der Waals surface area contributed by atoms with Crippen LogP contribution in [-0.4, -0.2) is 18.2 Å². The zero-order valence-corrected chi connectivity index (χ0v) is 9.89. The van der Waals surface area contributed by atoms with Crippen molar-refractivity contribution in [2.45, 2.75) is 19.4 Å². The van der Waals surface area contributed by atoms with Crippen LogP contribution in [0.2, 0.25) is 0 Å². The number of nitrogens with zero attached hydrogens (tertiary/aromatic N) is 1. The molecule has 1 aliphatic rings. The van der Waals surface area contributed by atoms with Gasteiger partial charge in [-0.1, -0.05) is 30.3 Å². The highest BCUT2D eigenvalue weighted by Crippen LogP contribution is 2.31. The lowest BCUT2D eigenvalue weighted by Crippen LogP contribution is -2.17. The third-order valence-corrected chi connectivity index (χ3v) is 3.61. The van der Waals surface area contributed by atoms with Gasteiger partial charge in [0.25, 0.3) is 0 Å². The van der Waals surface area contributed by atoms with Crippen molar-refractivity contribution in [3.05, 3.63) is 42.0 Å². The summed E-state index contributed by atoms with van der Waals surface area (Å²) in [5, 5.41) is 11.8. The molecule has 0 spiro atoms. The van der Waals surface area contributed by atoms with E-state index in [1.54, 1.807) is 0 Å². The summed E-state index contributed by atoms with van der Waals surface area (Å²) in [6.45, 7) is 2.42. The predicted octanol–water partition coefficient (Wildman–Crippen LogP) is 2.93. The first-order valence-electron chi connectivity index (χ1n) is 6.26. The van der Waals surface area contributed by atoms with Crippen LogP contribution in [0.25, 0.3) is 10.8 Å². The van der Waals surface area contributed by atoms with Crippen molar-refractivity contribution in [2.24, 2.45) is 0 Å². The molecule has 0 amide bonds. The first-order chi connectivity index (χ1) is 8.40. The quantitative estimate of drug-likeness (QED) is 0.852. The first kappa shape index (κ1) is 10.6. The van der Waals surface area contributed by atoms with Crippen LogP contribution in [0.3, 0.4) is 0 Å². The Hall–Kier alpha value is -1.54. The Morgan fingerprint density at radius 2 is 1.65 bits per heavy atom.